The molecule has 1 aromatic carbocycles. The first-order valence-corrected chi connectivity index (χ1v) is 10.6. The molecule has 1 saturated heterocycles. The van der Waals surface area contributed by atoms with Gasteiger partial charge in [-0.3, -0.25) is 4.79 Å². The summed E-state index contributed by atoms with van der Waals surface area (Å²) in [5.41, 5.74) is -0.628. The van der Waals surface area contributed by atoms with Crippen molar-refractivity contribution in [2.24, 2.45) is 0 Å². The van der Waals surface area contributed by atoms with Crippen molar-refractivity contribution in [2.75, 3.05) is 32.8 Å². The molecule has 0 atom stereocenters. The van der Waals surface area contributed by atoms with Gasteiger partial charge in [0.1, 0.15) is 5.56 Å². The van der Waals surface area contributed by atoms with Crippen molar-refractivity contribution in [3.63, 3.8) is 0 Å². The molecule has 0 saturated carbocycles. The fourth-order valence-corrected chi connectivity index (χ4v) is 4.49. The first-order valence-electron chi connectivity index (χ1n) is 9.19. The zero-order valence-corrected chi connectivity index (χ0v) is 16.9. The molecule has 0 spiro atoms. The van der Waals surface area contributed by atoms with E-state index in [1.54, 1.807) is 19.1 Å². The van der Waals surface area contributed by atoms with Crippen LogP contribution in [0.4, 0.5) is 13.2 Å². The summed E-state index contributed by atoms with van der Waals surface area (Å²) in [7, 11) is -3.96. The Balaban J connectivity index is 1.70. The smallest absolute Gasteiger partial charge is 0.416 e. The van der Waals surface area contributed by atoms with Crippen molar-refractivity contribution < 1.29 is 31.1 Å². The maximum atomic E-state index is 12.8. The summed E-state index contributed by atoms with van der Waals surface area (Å²) in [4.78, 5) is 18.1. The molecule has 3 rings (SSSR count). The van der Waals surface area contributed by atoms with Crippen LogP contribution in [0.15, 0.2) is 47.5 Å². The predicted molar refractivity (Wildman–Crippen MR) is 102 cm³/mol. The first-order chi connectivity index (χ1) is 14.1. The molecule has 2 heterocycles. The first kappa shape index (κ1) is 22.0. The van der Waals surface area contributed by atoms with E-state index < -0.39 is 21.8 Å². The number of ether oxygens (including phenoxy) is 1. The van der Waals surface area contributed by atoms with Gasteiger partial charge in [0.25, 0.3) is 5.91 Å². The number of carbonyl (C=O) groups is 1. The van der Waals surface area contributed by atoms with Crippen molar-refractivity contribution in [3.8, 4) is 5.88 Å². The topological polar surface area (TPSA) is 79.8 Å². The lowest BCUT2D eigenvalue weighted by Gasteiger charge is -2.34. The highest BCUT2D eigenvalue weighted by atomic mass is 32.2. The Kier molecular flexibility index (Phi) is 6.32. The summed E-state index contributed by atoms with van der Waals surface area (Å²) in [6.07, 6.45) is -3.03. The lowest BCUT2D eigenvalue weighted by atomic mass is 10.2. The van der Waals surface area contributed by atoms with E-state index in [-0.39, 0.29) is 42.9 Å². The molecular formula is C19H20F3N3O4S. The van der Waals surface area contributed by atoms with Crippen LogP contribution in [0, 0.1) is 0 Å². The van der Waals surface area contributed by atoms with E-state index in [1.165, 1.54) is 11.1 Å². The summed E-state index contributed by atoms with van der Waals surface area (Å²) < 4.78 is 70.1. The highest BCUT2D eigenvalue weighted by molar-refractivity contribution is 7.89. The molecule has 0 N–H and O–H groups in total. The number of halogens is 3. The number of carbonyl (C=O) groups excluding carboxylic acids is 1. The van der Waals surface area contributed by atoms with Crippen LogP contribution >= 0.6 is 0 Å². The molecule has 0 bridgehead atoms. The molecule has 1 aromatic heterocycles. The Morgan fingerprint density at radius 3 is 2.30 bits per heavy atom. The Hall–Kier alpha value is -2.66. The molecule has 2 aromatic rings. The number of amides is 1. The van der Waals surface area contributed by atoms with Crippen LogP contribution in [0.1, 0.15) is 22.8 Å². The molecule has 0 unspecified atom stereocenters. The molecule has 0 radical (unpaired) electrons. The van der Waals surface area contributed by atoms with Gasteiger partial charge in [0.15, 0.2) is 0 Å². The van der Waals surface area contributed by atoms with E-state index >= 15 is 0 Å². The maximum Gasteiger partial charge on any atom is 0.416 e. The van der Waals surface area contributed by atoms with Crippen molar-refractivity contribution in [3.05, 3.63) is 53.7 Å². The maximum absolute atomic E-state index is 12.8. The third-order valence-electron chi connectivity index (χ3n) is 4.63. The number of pyridine rings is 1. The molecule has 7 nitrogen and oxygen atoms in total. The summed E-state index contributed by atoms with van der Waals surface area (Å²) in [5.74, 6) is -0.108. The Bertz CT molecular complexity index is 1000. The molecule has 1 fully saturated rings. The fraction of sp³-hybridized carbons (Fsp3) is 0.368. The van der Waals surface area contributed by atoms with Gasteiger partial charge in [-0.2, -0.15) is 17.5 Å². The monoisotopic (exact) mass is 443 g/mol. The van der Waals surface area contributed by atoms with E-state index in [0.717, 1.165) is 28.6 Å². The third-order valence-corrected chi connectivity index (χ3v) is 6.54. The quantitative estimate of drug-likeness (QED) is 0.710. The van der Waals surface area contributed by atoms with Crippen LogP contribution in [0.5, 0.6) is 5.88 Å². The minimum absolute atomic E-state index is 0.0271. The normalized spacial score (nSPS) is 15.8. The molecule has 1 amide bonds. The summed E-state index contributed by atoms with van der Waals surface area (Å²) in [5, 5.41) is 0. The van der Waals surface area contributed by atoms with Gasteiger partial charge in [-0.25, -0.2) is 13.4 Å². The second kappa shape index (κ2) is 8.60. The number of piperazine rings is 1. The predicted octanol–water partition coefficient (Wildman–Crippen LogP) is 2.65. The SMILES string of the molecule is CCOc1ncccc1C(=O)N1CCN(S(=O)(=O)c2ccc(C(F)(F)F)cc2)CC1. The summed E-state index contributed by atoms with van der Waals surface area (Å²) in [6.45, 7) is 2.45. The number of hydrogen-bond acceptors (Lipinski definition) is 5. The largest absolute Gasteiger partial charge is 0.477 e. The van der Waals surface area contributed by atoms with Gasteiger partial charge in [0.05, 0.1) is 17.1 Å². The highest BCUT2D eigenvalue weighted by Crippen LogP contribution is 2.30. The minimum atomic E-state index is -4.54. The number of benzene rings is 1. The van der Waals surface area contributed by atoms with Crippen LogP contribution in [0.3, 0.4) is 0 Å². The van der Waals surface area contributed by atoms with E-state index in [4.69, 9.17) is 4.74 Å². The zero-order valence-electron chi connectivity index (χ0n) is 16.1. The highest BCUT2D eigenvalue weighted by Gasteiger charge is 2.33. The average Bonchev–Trinajstić information content (AvgIpc) is 2.73. The Morgan fingerprint density at radius 1 is 1.10 bits per heavy atom. The number of rotatable bonds is 5. The molecule has 162 valence electrons. The number of sulfonamides is 1. The van der Waals surface area contributed by atoms with Crippen molar-refractivity contribution in [2.45, 2.75) is 18.0 Å². The molecule has 1 aliphatic heterocycles. The van der Waals surface area contributed by atoms with Crippen LogP contribution in [-0.4, -0.2) is 61.3 Å². The minimum Gasteiger partial charge on any atom is -0.477 e. The van der Waals surface area contributed by atoms with Crippen LogP contribution in [0.25, 0.3) is 0 Å². The van der Waals surface area contributed by atoms with Crippen LogP contribution in [0.2, 0.25) is 0 Å². The van der Waals surface area contributed by atoms with Crippen LogP contribution in [-0.2, 0) is 16.2 Å². The van der Waals surface area contributed by atoms with Crippen molar-refractivity contribution in [1.82, 2.24) is 14.2 Å². The van der Waals surface area contributed by atoms with Crippen molar-refractivity contribution in [1.29, 1.82) is 0 Å². The standard InChI is InChI=1S/C19H20F3N3O4S/c1-2-29-17-16(4-3-9-23-17)18(26)24-10-12-25(13-11-24)30(27,28)15-7-5-14(6-8-15)19(20,21)22/h3-9H,2,10-13H2,1H3. The van der Waals surface area contributed by atoms with Gasteiger partial charge in [-0.15, -0.1) is 0 Å². The lowest BCUT2D eigenvalue weighted by Crippen LogP contribution is -2.50. The van der Waals surface area contributed by atoms with E-state index in [2.05, 4.69) is 4.98 Å². The Morgan fingerprint density at radius 2 is 1.73 bits per heavy atom. The van der Waals surface area contributed by atoms with Crippen molar-refractivity contribution >= 4 is 15.9 Å². The Labute approximate surface area is 172 Å². The second-order valence-electron chi connectivity index (χ2n) is 6.51. The van der Waals surface area contributed by atoms with E-state index in [1.807, 2.05) is 0 Å². The van der Waals surface area contributed by atoms with Gasteiger partial charge in [-0.05, 0) is 43.3 Å². The molecule has 1 aliphatic rings. The van der Waals surface area contributed by atoms with Gasteiger partial charge in [0, 0.05) is 32.4 Å². The summed E-state index contributed by atoms with van der Waals surface area (Å²) in [6, 6.07) is 6.57. The average molecular weight is 443 g/mol. The third kappa shape index (κ3) is 4.57. The van der Waals surface area contributed by atoms with Gasteiger partial charge < -0.3 is 9.64 Å². The lowest BCUT2D eigenvalue weighted by molar-refractivity contribution is -0.137. The zero-order chi connectivity index (χ0) is 21.9. The molecule has 30 heavy (non-hydrogen) atoms. The molecule has 11 heteroatoms. The summed E-state index contributed by atoms with van der Waals surface area (Å²) >= 11 is 0. The number of aromatic nitrogens is 1. The number of alkyl halides is 3. The van der Waals surface area contributed by atoms with Crippen LogP contribution < -0.4 is 4.74 Å². The number of nitrogens with zero attached hydrogens (tertiary/aromatic N) is 3. The van der Waals surface area contributed by atoms with E-state index in [0.29, 0.717) is 12.2 Å². The van der Waals surface area contributed by atoms with Gasteiger partial charge >= 0.3 is 6.18 Å². The fourth-order valence-electron chi connectivity index (χ4n) is 3.07. The molecule has 0 aliphatic carbocycles. The number of hydrogen-bond donors (Lipinski definition) is 0. The van der Waals surface area contributed by atoms with Gasteiger partial charge in [0.2, 0.25) is 15.9 Å². The van der Waals surface area contributed by atoms with Gasteiger partial charge in [-0.1, -0.05) is 0 Å². The van der Waals surface area contributed by atoms with E-state index in [9.17, 15) is 26.4 Å². The molecular weight excluding hydrogens is 423 g/mol. The second-order valence-corrected chi connectivity index (χ2v) is 8.45.